The van der Waals surface area contributed by atoms with E-state index < -0.39 is 27.0 Å². The lowest BCUT2D eigenvalue weighted by Gasteiger charge is -2.14. The van der Waals surface area contributed by atoms with Crippen LogP contribution in [0.3, 0.4) is 0 Å². The van der Waals surface area contributed by atoms with Gasteiger partial charge in [0.2, 0.25) is 0 Å². The number of rotatable bonds is 7. The number of nitrogens with zero attached hydrogens (tertiary/aromatic N) is 2. The Morgan fingerprint density at radius 3 is 2.39 bits per heavy atom. The first-order valence-electron chi connectivity index (χ1n) is 9.23. The minimum absolute atomic E-state index is 0.0348. The maximum Gasteiger partial charge on any atom is 0.314 e. The van der Waals surface area contributed by atoms with Crippen LogP contribution in [0.2, 0.25) is 0 Å². The minimum atomic E-state index is -3.38. The Morgan fingerprint density at radius 2 is 1.81 bits per heavy atom. The van der Waals surface area contributed by atoms with Gasteiger partial charge in [0.1, 0.15) is 0 Å². The second-order valence-corrected chi connectivity index (χ2v) is 9.07. The van der Waals surface area contributed by atoms with Crippen LogP contribution in [0.15, 0.2) is 70.5 Å². The van der Waals surface area contributed by atoms with Crippen molar-refractivity contribution in [3.63, 3.8) is 0 Å². The zero-order valence-electron chi connectivity index (χ0n) is 16.9. The summed E-state index contributed by atoms with van der Waals surface area (Å²) in [4.78, 5) is 13.2. The fraction of sp³-hybridized carbons (Fsp3) is 0.182. The number of halogens is 2. The summed E-state index contributed by atoms with van der Waals surface area (Å²) < 4.78 is 57.0. The topological polar surface area (TPSA) is 78.3 Å². The van der Waals surface area contributed by atoms with E-state index in [0.717, 1.165) is 28.6 Å². The molecule has 1 aromatic heterocycles. The van der Waals surface area contributed by atoms with E-state index in [1.165, 1.54) is 24.4 Å². The molecule has 31 heavy (non-hydrogen) atoms. The van der Waals surface area contributed by atoms with Gasteiger partial charge < -0.3 is 4.74 Å². The molecule has 0 fully saturated rings. The van der Waals surface area contributed by atoms with Crippen LogP contribution in [0.5, 0.6) is 5.75 Å². The van der Waals surface area contributed by atoms with Gasteiger partial charge in [-0.2, -0.15) is 9.78 Å². The Morgan fingerprint density at radius 1 is 1.13 bits per heavy atom. The van der Waals surface area contributed by atoms with Crippen molar-refractivity contribution < 1.29 is 21.9 Å². The number of ether oxygens (including phenoxy) is 1. The molecule has 0 saturated carbocycles. The van der Waals surface area contributed by atoms with Gasteiger partial charge in [0.25, 0.3) is 0 Å². The molecule has 162 valence electrons. The van der Waals surface area contributed by atoms with Crippen molar-refractivity contribution in [3.8, 4) is 22.6 Å². The average molecular weight is 446 g/mol. The lowest BCUT2D eigenvalue weighted by molar-refractivity contribution is 0.316. The summed E-state index contributed by atoms with van der Waals surface area (Å²) in [6.45, 7) is 5.78. The van der Waals surface area contributed by atoms with E-state index in [1.54, 1.807) is 12.1 Å². The van der Waals surface area contributed by atoms with Gasteiger partial charge in [0.15, 0.2) is 27.2 Å². The van der Waals surface area contributed by atoms with Crippen molar-refractivity contribution in [1.82, 2.24) is 9.78 Å². The molecule has 0 atom stereocenters. The highest BCUT2D eigenvalue weighted by Gasteiger charge is 2.17. The Labute approximate surface area is 178 Å². The van der Waals surface area contributed by atoms with Crippen LogP contribution in [-0.2, 0) is 9.84 Å². The molecule has 0 unspecified atom stereocenters. The first-order valence-corrected chi connectivity index (χ1v) is 11.1. The van der Waals surface area contributed by atoms with Gasteiger partial charge >= 0.3 is 5.56 Å². The van der Waals surface area contributed by atoms with Crippen molar-refractivity contribution in [3.05, 3.63) is 82.8 Å². The van der Waals surface area contributed by atoms with Crippen LogP contribution >= 0.6 is 0 Å². The number of sulfone groups is 1. The molecule has 0 radical (unpaired) electrons. The smallest absolute Gasteiger partial charge is 0.314 e. The summed E-state index contributed by atoms with van der Waals surface area (Å²) in [5.41, 5.74) is 1.07. The monoisotopic (exact) mass is 446 g/mol. The molecule has 0 aliphatic carbocycles. The van der Waals surface area contributed by atoms with E-state index in [2.05, 4.69) is 11.7 Å². The molecule has 3 rings (SSSR count). The lowest BCUT2D eigenvalue weighted by atomic mass is 10.1. The highest BCUT2D eigenvalue weighted by molar-refractivity contribution is 7.90. The van der Waals surface area contributed by atoms with Crippen LogP contribution in [0.25, 0.3) is 16.8 Å². The fourth-order valence-electron chi connectivity index (χ4n) is 2.79. The largest absolute Gasteiger partial charge is 0.487 e. The summed E-state index contributed by atoms with van der Waals surface area (Å²) in [5, 5.41) is 4.07. The van der Waals surface area contributed by atoms with E-state index >= 15 is 0 Å². The Balaban J connectivity index is 2.12. The van der Waals surface area contributed by atoms with Crippen molar-refractivity contribution in [2.45, 2.75) is 18.2 Å². The van der Waals surface area contributed by atoms with Crippen LogP contribution in [0.4, 0.5) is 8.78 Å². The fourth-order valence-corrected chi connectivity index (χ4v) is 3.42. The number of hydrogen-bond donors (Lipinski definition) is 0. The molecule has 0 spiro atoms. The Bertz CT molecular complexity index is 1300. The molecular formula is C22H20F2N2O4S. The van der Waals surface area contributed by atoms with Crippen LogP contribution in [0, 0.1) is 11.6 Å². The number of aromatic nitrogens is 2. The summed E-state index contributed by atoms with van der Waals surface area (Å²) in [6, 6.07) is 8.92. The quantitative estimate of drug-likeness (QED) is 0.514. The van der Waals surface area contributed by atoms with Crippen LogP contribution in [0.1, 0.15) is 13.3 Å². The van der Waals surface area contributed by atoms with Crippen molar-refractivity contribution >= 4 is 9.84 Å². The van der Waals surface area contributed by atoms with E-state index in [4.69, 9.17) is 4.74 Å². The number of benzene rings is 2. The third-order valence-electron chi connectivity index (χ3n) is 4.45. The molecule has 2 aromatic carbocycles. The molecule has 6 nitrogen and oxygen atoms in total. The normalized spacial score (nSPS) is 11.4. The maximum absolute atomic E-state index is 13.7. The van der Waals surface area contributed by atoms with Gasteiger partial charge in [-0.1, -0.05) is 17.7 Å². The summed E-state index contributed by atoms with van der Waals surface area (Å²) in [7, 11) is -3.38. The summed E-state index contributed by atoms with van der Waals surface area (Å²) in [6.07, 6.45) is 2.95. The molecule has 0 bridgehead atoms. The van der Waals surface area contributed by atoms with Crippen LogP contribution in [-0.4, -0.2) is 31.1 Å². The molecule has 0 aliphatic rings. The second-order valence-electron chi connectivity index (χ2n) is 7.05. The van der Waals surface area contributed by atoms with Gasteiger partial charge in [-0.25, -0.2) is 17.2 Å². The molecule has 9 heteroatoms. The van der Waals surface area contributed by atoms with Crippen molar-refractivity contribution in [2.75, 3.05) is 12.9 Å². The minimum Gasteiger partial charge on any atom is -0.487 e. The van der Waals surface area contributed by atoms with Gasteiger partial charge in [0.05, 0.1) is 23.4 Å². The molecule has 1 heterocycles. The third-order valence-corrected chi connectivity index (χ3v) is 5.58. The zero-order chi connectivity index (χ0) is 22.8. The van der Waals surface area contributed by atoms with Crippen molar-refractivity contribution in [2.24, 2.45) is 0 Å². The molecule has 0 amide bonds. The highest BCUT2D eigenvalue weighted by atomic mass is 32.2. The zero-order valence-corrected chi connectivity index (χ0v) is 17.7. The molecule has 0 aliphatic heterocycles. The van der Waals surface area contributed by atoms with Crippen molar-refractivity contribution in [1.29, 1.82) is 0 Å². The van der Waals surface area contributed by atoms with E-state index in [-0.39, 0.29) is 22.9 Å². The van der Waals surface area contributed by atoms with E-state index in [1.807, 2.05) is 6.92 Å². The van der Waals surface area contributed by atoms with Gasteiger partial charge in [-0.3, -0.25) is 4.79 Å². The summed E-state index contributed by atoms with van der Waals surface area (Å²) in [5.74, 6) is -2.21. The standard InChI is InChI=1S/C22H20F2N2O4S/c1-14(2)10-11-30-21-18(15-4-7-17(8-5-15)31(3,28)29)13-25-26(22(21)27)16-6-9-19(23)20(24)12-16/h4-9,12-13H,1,10-11H2,2-3H3. The van der Waals surface area contributed by atoms with Gasteiger partial charge in [0, 0.05) is 24.3 Å². The molecule has 0 N–H and O–H groups in total. The van der Waals surface area contributed by atoms with Gasteiger partial charge in [-0.05, 0) is 36.8 Å². The second kappa shape index (κ2) is 8.81. The average Bonchev–Trinajstić information content (AvgIpc) is 2.70. The predicted octanol–water partition coefficient (Wildman–Crippen LogP) is 3.93. The molecule has 0 saturated heterocycles. The maximum atomic E-state index is 13.7. The molecule has 3 aromatic rings. The highest BCUT2D eigenvalue weighted by Crippen LogP contribution is 2.28. The molecular weight excluding hydrogens is 426 g/mol. The first-order chi connectivity index (χ1) is 14.6. The van der Waals surface area contributed by atoms with Gasteiger partial charge in [-0.15, -0.1) is 6.58 Å². The number of hydrogen-bond acceptors (Lipinski definition) is 5. The van der Waals surface area contributed by atoms with E-state index in [9.17, 15) is 22.0 Å². The lowest BCUT2D eigenvalue weighted by Crippen LogP contribution is -2.24. The summed E-state index contributed by atoms with van der Waals surface area (Å²) >= 11 is 0. The Kier molecular flexibility index (Phi) is 6.35. The van der Waals surface area contributed by atoms with E-state index in [0.29, 0.717) is 17.5 Å². The first kappa shape index (κ1) is 22.4. The van der Waals surface area contributed by atoms with Crippen LogP contribution < -0.4 is 10.3 Å². The third kappa shape index (κ3) is 5.05. The Hall–Kier alpha value is -3.33. The predicted molar refractivity (Wildman–Crippen MR) is 113 cm³/mol. The SMILES string of the molecule is C=C(C)CCOc1c(-c2ccc(S(C)(=O)=O)cc2)cnn(-c2ccc(F)c(F)c2)c1=O.